The third kappa shape index (κ3) is 4.30. The topological polar surface area (TPSA) is 124 Å². The van der Waals surface area contributed by atoms with Crippen LogP contribution in [0, 0.1) is 6.92 Å². The van der Waals surface area contributed by atoms with E-state index in [9.17, 15) is 18.3 Å². The largest absolute Gasteiger partial charge is 0.507 e. The number of aliphatic imine (C=N–C) groups is 1. The van der Waals surface area contributed by atoms with Crippen molar-refractivity contribution in [3.63, 3.8) is 0 Å². The van der Waals surface area contributed by atoms with Crippen molar-refractivity contribution in [1.29, 1.82) is 0 Å². The average molecular weight is 367 g/mol. The van der Waals surface area contributed by atoms with Crippen LogP contribution in [0.2, 0.25) is 0 Å². The summed E-state index contributed by atoms with van der Waals surface area (Å²) in [5, 5.41) is 10.1. The molecule has 0 aliphatic heterocycles. The summed E-state index contributed by atoms with van der Waals surface area (Å²) in [5.41, 5.74) is 17.2. The molecule has 2 rings (SSSR count). The monoisotopic (exact) mass is 367 g/mol. The normalized spacial score (nSPS) is 12.3. The van der Waals surface area contributed by atoms with Crippen LogP contribution in [0.15, 0.2) is 29.3 Å². The van der Waals surface area contributed by atoms with Gasteiger partial charge in [0, 0.05) is 30.4 Å². The van der Waals surface area contributed by atoms with E-state index in [1.54, 1.807) is 12.1 Å². The zero-order valence-corrected chi connectivity index (χ0v) is 14.1. The summed E-state index contributed by atoms with van der Waals surface area (Å²) in [4.78, 5) is 8.37. The van der Waals surface area contributed by atoms with Crippen LogP contribution in [0.5, 0.6) is 5.75 Å². The smallest absolute Gasteiger partial charge is 0.416 e. The summed E-state index contributed by atoms with van der Waals surface area (Å²) in [5.74, 6) is -0.394. The van der Waals surface area contributed by atoms with Crippen molar-refractivity contribution in [2.24, 2.45) is 16.5 Å². The number of aromatic hydroxyl groups is 1. The Hall–Kier alpha value is -2.65. The Morgan fingerprint density at radius 2 is 1.88 bits per heavy atom. The molecule has 140 valence electrons. The highest BCUT2D eigenvalue weighted by Crippen LogP contribution is 2.38. The van der Waals surface area contributed by atoms with Gasteiger partial charge in [0.05, 0.1) is 17.3 Å². The third-order valence-corrected chi connectivity index (χ3v) is 3.82. The highest BCUT2D eigenvalue weighted by Gasteiger charge is 2.32. The number of phenolic OH excluding ortho intramolecular Hbond substituents is 1. The van der Waals surface area contributed by atoms with Gasteiger partial charge in [-0.2, -0.15) is 13.2 Å². The Morgan fingerprint density at radius 3 is 2.38 bits per heavy atom. The van der Waals surface area contributed by atoms with Crippen LogP contribution in [0.1, 0.15) is 16.7 Å². The van der Waals surface area contributed by atoms with E-state index in [-0.39, 0.29) is 41.8 Å². The molecule has 0 aliphatic carbocycles. The zero-order valence-electron chi connectivity index (χ0n) is 14.1. The number of pyridine rings is 1. The Bertz CT molecular complexity index is 794. The number of aryl methyl sites for hydroxylation is 1. The molecule has 7 N–H and O–H groups in total. The highest BCUT2D eigenvalue weighted by atomic mass is 19.4. The Balaban J connectivity index is 2.41. The first-order valence-corrected chi connectivity index (χ1v) is 7.78. The fourth-order valence-corrected chi connectivity index (χ4v) is 2.40. The van der Waals surface area contributed by atoms with E-state index in [2.05, 4.69) is 9.98 Å². The molecule has 26 heavy (non-hydrogen) atoms. The molecular weight excluding hydrogens is 347 g/mol. The number of aromatic nitrogens is 1. The second-order valence-electron chi connectivity index (χ2n) is 5.76. The molecule has 1 heterocycles. The second-order valence-corrected chi connectivity index (χ2v) is 5.76. The molecule has 0 saturated heterocycles. The quantitative estimate of drug-likeness (QED) is 0.602. The lowest BCUT2D eigenvalue weighted by Gasteiger charge is -2.14. The van der Waals surface area contributed by atoms with Gasteiger partial charge in [0.2, 0.25) is 0 Å². The summed E-state index contributed by atoms with van der Waals surface area (Å²) < 4.78 is 38.5. The van der Waals surface area contributed by atoms with Gasteiger partial charge in [-0.25, -0.2) is 4.98 Å². The third-order valence-electron chi connectivity index (χ3n) is 3.82. The zero-order chi connectivity index (χ0) is 19.5. The fourth-order valence-electron chi connectivity index (χ4n) is 2.40. The van der Waals surface area contributed by atoms with Crippen molar-refractivity contribution >= 4 is 12.0 Å². The molecule has 0 saturated carbocycles. The van der Waals surface area contributed by atoms with Gasteiger partial charge in [0.1, 0.15) is 11.6 Å². The number of alkyl halides is 3. The van der Waals surface area contributed by atoms with Gasteiger partial charge in [-0.05, 0) is 36.8 Å². The summed E-state index contributed by atoms with van der Waals surface area (Å²) in [7, 11) is 0. The number of phenols is 1. The molecule has 0 bridgehead atoms. The first-order valence-electron chi connectivity index (χ1n) is 7.78. The lowest BCUT2D eigenvalue weighted by molar-refractivity contribution is -0.137. The minimum absolute atomic E-state index is 0.123. The second kappa shape index (κ2) is 7.71. The molecule has 9 heteroatoms. The molecule has 6 nitrogen and oxygen atoms in total. The van der Waals surface area contributed by atoms with Gasteiger partial charge in [-0.15, -0.1) is 0 Å². The molecule has 0 radical (unpaired) electrons. The number of hydrogen-bond acceptors (Lipinski definition) is 6. The van der Waals surface area contributed by atoms with Crippen molar-refractivity contribution < 1.29 is 18.3 Å². The number of nitrogens with two attached hydrogens (primary N) is 3. The number of nitrogen functional groups attached to an aromatic ring is 1. The maximum absolute atomic E-state index is 12.8. The maximum Gasteiger partial charge on any atom is 0.416 e. The average Bonchev–Trinajstić information content (AvgIpc) is 2.55. The number of benzene rings is 1. The van der Waals surface area contributed by atoms with Crippen LogP contribution in [0.4, 0.5) is 19.0 Å². The van der Waals surface area contributed by atoms with Crippen molar-refractivity contribution in [3.8, 4) is 17.0 Å². The lowest BCUT2D eigenvalue weighted by atomic mass is 10.00. The Kier molecular flexibility index (Phi) is 5.83. The Morgan fingerprint density at radius 1 is 1.23 bits per heavy atom. The summed E-state index contributed by atoms with van der Waals surface area (Å²) in [6.45, 7) is 2.04. The molecule has 2 aromatic rings. The van der Waals surface area contributed by atoms with E-state index in [4.69, 9.17) is 17.2 Å². The van der Waals surface area contributed by atoms with Crippen LogP contribution in [0.3, 0.4) is 0 Å². The van der Waals surface area contributed by atoms with Gasteiger partial charge < -0.3 is 22.3 Å². The first-order chi connectivity index (χ1) is 12.2. The molecular formula is C17H20F3N5O. The van der Waals surface area contributed by atoms with Gasteiger partial charge >= 0.3 is 6.18 Å². The maximum atomic E-state index is 12.8. The van der Waals surface area contributed by atoms with Crippen molar-refractivity contribution in [1.82, 2.24) is 4.98 Å². The van der Waals surface area contributed by atoms with Gasteiger partial charge in [-0.3, -0.25) is 4.99 Å². The van der Waals surface area contributed by atoms with Crippen LogP contribution < -0.4 is 17.2 Å². The number of nitrogens with zero attached hydrogens (tertiary/aromatic N) is 2. The van der Waals surface area contributed by atoms with Gasteiger partial charge in [0.25, 0.3) is 0 Å². The highest BCUT2D eigenvalue weighted by molar-refractivity contribution is 5.87. The summed E-state index contributed by atoms with van der Waals surface area (Å²) in [6.07, 6.45) is -3.05. The van der Waals surface area contributed by atoms with E-state index < -0.39 is 17.5 Å². The Labute approximate surface area is 148 Å². The predicted molar refractivity (Wildman–Crippen MR) is 95.0 cm³/mol. The molecule has 1 aromatic heterocycles. The molecule has 0 amide bonds. The molecule has 0 atom stereocenters. The molecule has 1 aromatic carbocycles. The summed E-state index contributed by atoms with van der Waals surface area (Å²) >= 11 is 0. The van der Waals surface area contributed by atoms with Crippen LogP contribution in [-0.4, -0.2) is 35.4 Å². The fraction of sp³-hybridized carbons (Fsp3) is 0.294. The van der Waals surface area contributed by atoms with Gasteiger partial charge in [-0.1, -0.05) is 0 Å². The number of hydrogen-bond donors (Lipinski definition) is 4. The minimum Gasteiger partial charge on any atom is -0.507 e. The van der Waals surface area contributed by atoms with Crippen LogP contribution in [-0.2, 0) is 6.18 Å². The summed E-state index contributed by atoms with van der Waals surface area (Å²) in [6, 6.07) is 4.54. The number of anilines is 1. The van der Waals surface area contributed by atoms with E-state index >= 15 is 0 Å². The van der Waals surface area contributed by atoms with Crippen LogP contribution >= 0.6 is 0 Å². The molecule has 0 unspecified atom stereocenters. The standard InChI is InChI=1S/C17H20F3N5O/c1-9-4-11(17(18,19)20)5-14(26)15(9)13-3-2-10(16(23)25-13)8-24-12(6-21)7-22/h2-5,8,12,26H,6-7,21-22H2,1H3,(H2,23,25). The van der Waals surface area contributed by atoms with Crippen LogP contribution in [0.25, 0.3) is 11.3 Å². The van der Waals surface area contributed by atoms with E-state index in [0.29, 0.717) is 11.6 Å². The SMILES string of the molecule is Cc1cc(C(F)(F)F)cc(O)c1-c1ccc(C=NC(CN)CN)c(N)n1. The molecule has 0 spiro atoms. The van der Waals surface area contributed by atoms with E-state index in [0.717, 1.165) is 6.07 Å². The van der Waals surface area contributed by atoms with E-state index in [1.165, 1.54) is 13.1 Å². The predicted octanol–water partition coefficient (Wildman–Crippen LogP) is 2.07. The molecule has 0 fully saturated rings. The lowest BCUT2D eigenvalue weighted by Crippen LogP contribution is -2.27. The van der Waals surface area contributed by atoms with Crippen molar-refractivity contribution in [2.75, 3.05) is 18.8 Å². The molecule has 0 aliphatic rings. The van der Waals surface area contributed by atoms with Crippen molar-refractivity contribution in [2.45, 2.75) is 19.1 Å². The number of rotatable bonds is 5. The van der Waals surface area contributed by atoms with Crippen molar-refractivity contribution in [3.05, 3.63) is 41.0 Å². The van der Waals surface area contributed by atoms with E-state index in [1.807, 2.05) is 0 Å². The number of halogens is 3. The van der Waals surface area contributed by atoms with Gasteiger partial charge in [0.15, 0.2) is 0 Å². The minimum atomic E-state index is -4.55. The first kappa shape index (κ1) is 19.7.